The van der Waals surface area contributed by atoms with Gasteiger partial charge in [-0.15, -0.1) is 0 Å². The first-order chi connectivity index (χ1) is 9.81. The fourth-order valence-electron chi connectivity index (χ4n) is 2.62. The molecule has 1 saturated heterocycles. The molecule has 0 bridgehead atoms. The van der Waals surface area contributed by atoms with Gasteiger partial charge in [-0.25, -0.2) is 4.68 Å². The molecule has 2 aliphatic rings. The van der Waals surface area contributed by atoms with E-state index in [1.54, 1.807) is 21.8 Å². The number of amides is 1. The number of rotatable bonds is 2. The number of carbonyl (C=O) groups excluding carboxylic acids is 1. The molecule has 7 heteroatoms. The maximum atomic E-state index is 12.3. The van der Waals surface area contributed by atoms with Gasteiger partial charge in [0.05, 0.1) is 12.6 Å². The Balaban J connectivity index is 1.45. The van der Waals surface area contributed by atoms with Gasteiger partial charge in [-0.1, -0.05) is 0 Å². The van der Waals surface area contributed by atoms with Crippen LogP contribution in [0.5, 0.6) is 5.88 Å². The molecule has 2 aromatic rings. The Bertz CT molecular complexity index is 604. The van der Waals surface area contributed by atoms with E-state index >= 15 is 0 Å². The van der Waals surface area contributed by atoms with Crippen LogP contribution in [0.1, 0.15) is 23.0 Å². The minimum Gasteiger partial charge on any atom is -0.478 e. The molecule has 4 heterocycles. The first kappa shape index (κ1) is 11.5. The molecular formula is C13H15N5O2. The molecule has 104 valence electrons. The van der Waals surface area contributed by atoms with Crippen molar-refractivity contribution in [1.82, 2.24) is 24.5 Å². The Labute approximate surface area is 115 Å². The van der Waals surface area contributed by atoms with E-state index in [0.717, 1.165) is 13.0 Å². The Morgan fingerprint density at radius 3 is 3.05 bits per heavy atom. The van der Waals surface area contributed by atoms with E-state index in [4.69, 9.17) is 4.74 Å². The third kappa shape index (κ3) is 1.77. The molecule has 2 aliphatic heterocycles. The van der Waals surface area contributed by atoms with Crippen LogP contribution in [0, 0.1) is 0 Å². The SMILES string of the molecule is O=C(c1cc2n(n1)CCCO2)N1CC(n2cccn2)C1. The van der Waals surface area contributed by atoms with Crippen LogP contribution in [-0.2, 0) is 6.54 Å². The van der Waals surface area contributed by atoms with Crippen molar-refractivity contribution in [2.45, 2.75) is 19.0 Å². The van der Waals surface area contributed by atoms with Gasteiger partial charge in [0.1, 0.15) is 0 Å². The smallest absolute Gasteiger partial charge is 0.274 e. The van der Waals surface area contributed by atoms with Gasteiger partial charge in [-0.3, -0.25) is 9.48 Å². The van der Waals surface area contributed by atoms with E-state index in [0.29, 0.717) is 31.3 Å². The number of fused-ring (bicyclic) bond motifs is 1. The van der Waals surface area contributed by atoms with Gasteiger partial charge in [0.2, 0.25) is 5.88 Å². The number of carbonyl (C=O) groups is 1. The van der Waals surface area contributed by atoms with E-state index in [9.17, 15) is 4.79 Å². The molecule has 1 fully saturated rings. The molecule has 0 atom stereocenters. The highest BCUT2D eigenvalue weighted by atomic mass is 16.5. The van der Waals surface area contributed by atoms with Gasteiger partial charge < -0.3 is 9.64 Å². The minimum atomic E-state index is -0.0288. The van der Waals surface area contributed by atoms with E-state index < -0.39 is 0 Å². The second-order valence-electron chi connectivity index (χ2n) is 5.14. The standard InChI is InChI=1S/C13H15N5O2/c19-13(11-7-12-18(15-11)5-2-6-20-12)16-8-10(9-16)17-4-1-3-14-17/h1,3-4,7,10H,2,5-6,8-9H2. The largest absolute Gasteiger partial charge is 0.478 e. The number of hydrogen-bond acceptors (Lipinski definition) is 4. The van der Waals surface area contributed by atoms with Crippen LogP contribution in [-0.4, -0.2) is 50.1 Å². The summed E-state index contributed by atoms with van der Waals surface area (Å²) >= 11 is 0. The zero-order valence-corrected chi connectivity index (χ0v) is 11.0. The van der Waals surface area contributed by atoms with Crippen LogP contribution < -0.4 is 4.74 Å². The molecule has 0 unspecified atom stereocenters. The predicted molar refractivity (Wildman–Crippen MR) is 69.5 cm³/mol. The number of hydrogen-bond donors (Lipinski definition) is 0. The topological polar surface area (TPSA) is 65.2 Å². The summed E-state index contributed by atoms with van der Waals surface area (Å²) in [5.74, 6) is 0.669. The van der Waals surface area contributed by atoms with Gasteiger partial charge in [-0.2, -0.15) is 10.2 Å². The second kappa shape index (κ2) is 4.36. The summed E-state index contributed by atoms with van der Waals surface area (Å²) < 4.78 is 9.14. The zero-order chi connectivity index (χ0) is 13.5. The summed E-state index contributed by atoms with van der Waals surface area (Å²) in [4.78, 5) is 14.1. The van der Waals surface area contributed by atoms with Crippen LogP contribution in [0.4, 0.5) is 0 Å². The number of ether oxygens (including phenoxy) is 1. The van der Waals surface area contributed by atoms with E-state index in [1.165, 1.54) is 0 Å². The predicted octanol–water partition coefficient (Wildman–Crippen LogP) is 0.559. The van der Waals surface area contributed by atoms with Gasteiger partial charge in [0.25, 0.3) is 5.91 Å². The van der Waals surface area contributed by atoms with Crippen molar-refractivity contribution in [3.05, 3.63) is 30.2 Å². The van der Waals surface area contributed by atoms with Crippen LogP contribution in [0.2, 0.25) is 0 Å². The second-order valence-corrected chi connectivity index (χ2v) is 5.14. The average Bonchev–Trinajstić information content (AvgIpc) is 3.05. The number of likely N-dealkylation sites (tertiary alicyclic amines) is 1. The maximum absolute atomic E-state index is 12.3. The highest BCUT2D eigenvalue weighted by molar-refractivity contribution is 5.93. The monoisotopic (exact) mass is 273 g/mol. The Kier molecular flexibility index (Phi) is 2.51. The van der Waals surface area contributed by atoms with Gasteiger partial charge in [0, 0.05) is 44.5 Å². The molecule has 0 saturated carbocycles. The Hall–Kier alpha value is -2.31. The molecule has 0 aliphatic carbocycles. The number of aromatic nitrogens is 4. The van der Waals surface area contributed by atoms with Crippen molar-refractivity contribution < 1.29 is 9.53 Å². The fraction of sp³-hybridized carbons (Fsp3) is 0.462. The average molecular weight is 273 g/mol. The highest BCUT2D eigenvalue weighted by Gasteiger charge is 2.34. The summed E-state index contributed by atoms with van der Waals surface area (Å²) in [6, 6.07) is 3.91. The number of nitrogens with zero attached hydrogens (tertiary/aromatic N) is 5. The van der Waals surface area contributed by atoms with Crippen molar-refractivity contribution in [2.24, 2.45) is 0 Å². The molecule has 0 spiro atoms. The molecule has 4 rings (SSSR count). The van der Waals surface area contributed by atoms with Crippen LogP contribution in [0.15, 0.2) is 24.5 Å². The van der Waals surface area contributed by atoms with Crippen LogP contribution in [0.25, 0.3) is 0 Å². The van der Waals surface area contributed by atoms with Crippen molar-refractivity contribution in [1.29, 1.82) is 0 Å². The molecular weight excluding hydrogens is 258 g/mol. The Morgan fingerprint density at radius 2 is 2.30 bits per heavy atom. The molecule has 7 nitrogen and oxygen atoms in total. The summed E-state index contributed by atoms with van der Waals surface area (Å²) in [5, 5.41) is 8.52. The normalized spacial score (nSPS) is 18.3. The fourth-order valence-corrected chi connectivity index (χ4v) is 2.62. The van der Waals surface area contributed by atoms with Gasteiger partial charge in [-0.05, 0) is 6.07 Å². The molecule has 0 radical (unpaired) electrons. The van der Waals surface area contributed by atoms with Crippen molar-refractivity contribution in [3.8, 4) is 5.88 Å². The lowest BCUT2D eigenvalue weighted by atomic mass is 10.1. The Morgan fingerprint density at radius 1 is 1.40 bits per heavy atom. The third-order valence-electron chi connectivity index (χ3n) is 3.77. The molecule has 1 amide bonds. The van der Waals surface area contributed by atoms with Crippen LogP contribution in [0.3, 0.4) is 0 Å². The lowest BCUT2D eigenvalue weighted by Gasteiger charge is -2.38. The molecule has 0 N–H and O–H groups in total. The number of aryl methyl sites for hydroxylation is 1. The van der Waals surface area contributed by atoms with Crippen molar-refractivity contribution in [2.75, 3.05) is 19.7 Å². The summed E-state index contributed by atoms with van der Waals surface area (Å²) in [6.45, 7) is 2.88. The van der Waals surface area contributed by atoms with Crippen molar-refractivity contribution in [3.63, 3.8) is 0 Å². The highest BCUT2D eigenvalue weighted by Crippen LogP contribution is 2.24. The molecule has 20 heavy (non-hydrogen) atoms. The summed E-state index contributed by atoms with van der Waals surface area (Å²) in [5.41, 5.74) is 0.473. The minimum absolute atomic E-state index is 0.0288. The summed E-state index contributed by atoms with van der Waals surface area (Å²) in [6.07, 6.45) is 4.62. The van der Waals surface area contributed by atoms with E-state index in [-0.39, 0.29) is 11.9 Å². The van der Waals surface area contributed by atoms with E-state index in [1.807, 2.05) is 16.9 Å². The van der Waals surface area contributed by atoms with E-state index in [2.05, 4.69) is 10.2 Å². The van der Waals surface area contributed by atoms with Crippen molar-refractivity contribution >= 4 is 5.91 Å². The third-order valence-corrected chi connectivity index (χ3v) is 3.77. The van der Waals surface area contributed by atoms with Gasteiger partial charge in [0.15, 0.2) is 5.69 Å². The molecule has 2 aromatic heterocycles. The van der Waals surface area contributed by atoms with Crippen LogP contribution >= 0.6 is 0 Å². The maximum Gasteiger partial charge on any atom is 0.274 e. The molecule has 0 aromatic carbocycles. The first-order valence-electron chi connectivity index (χ1n) is 6.80. The first-order valence-corrected chi connectivity index (χ1v) is 6.80. The lowest BCUT2D eigenvalue weighted by Crippen LogP contribution is -2.51. The quantitative estimate of drug-likeness (QED) is 0.802. The van der Waals surface area contributed by atoms with Gasteiger partial charge >= 0.3 is 0 Å². The lowest BCUT2D eigenvalue weighted by molar-refractivity contribution is 0.0494. The zero-order valence-electron chi connectivity index (χ0n) is 11.0. The summed E-state index contributed by atoms with van der Waals surface area (Å²) in [7, 11) is 0.